The van der Waals surface area contributed by atoms with Crippen molar-refractivity contribution in [2.45, 2.75) is 13.1 Å². The molecule has 25 heavy (non-hydrogen) atoms. The number of nitrogens with zero attached hydrogens (tertiary/aromatic N) is 4. The SMILES string of the molecule is O=C(c1cccc(F)c1)N1CCn2nc(-c3ccc(F)cn3)cc2C1. The van der Waals surface area contributed by atoms with Crippen molar-refractivity contribution >= 4 is 5.91 Å². The zero-order chi connectivity index (χ0) is 17.4. The topological polar surface area (TPSA) is 51.0 Å². The lowest BCUT2D eigenvalue weighted by atomic mass is 10.1. The van der Waals surface area contributed by atoms with Gasteiger partial charge in [0.2, 0.25) is 0 Å². The van der Waals surface area contributed by atoms with E-state index in [1.54, 1.807) is 17.0 Å². The van der Waals surface area contributed by atoms with E-state index in [4.69, 9.17) is 0 Å². The minimum Gasteiger partial charge on any atom is -0.331 e. The second kappa shape index (κ2) is 6.08. The maximum Gasteiger partial charge on any atom is 0.254 e. The van der Waals surface area contributed by atoms with Crippen LogP contribution in [0.25, 0.3) is 11.4 Å². The lowest BCUT2D eigenvalue weighted by Gasteiger charge is -2.27. The van der Waals surface area contributed by atoms with E-state index in [0.29, 0.717) is 36.6 Å². The molecule has 4 rings (SSSR count). The first-order valence-electron chi connectivity index (χ1n) is 7.84. The van der Waals surface area contributed by atoms with Crippen LogP contribution in [0.1, 0.15) is 16.1 Å². The van der Waals surface area contributed by atoms with Crippen LogP contribution in [0.3, 0.4) is 0 Å². The Labute approximate surface area is 142 Å². The van der Waals surface area contributed by atoms with Crippen LogP contribution in [0.4, 0.5) is 8.78 Å². The molecule has 0 spiro atoms. The fraction of sp³-hybridized carbons (Fsp3) is 0.167. The molecule has 1 amide bonds. The van der Waals surface area contributed by atoms with Crippen LogP contribution >= 0.6 is 0 Å². The van der Waals surface area contributed by atoms with Gasteiger partial charge in [0, 0.05) is 12.1 Å². The summed E-state index contributed by atoms with van der Waals surface area (Å²) in [4.78, 5) is 18.2. The minimum absolute atomic E-state index is 0.214. The Kier molecular flexibility index (Phi) is 3.76. The number of amides is 1. The van der Waals surface area contributed by atoms with Gasteiger partial charge in [0.05, 0.1) is 30.7 Å². The van der Waals surface area contributed by atoms with Crippen LogP contribution in [0.5, 0.6) is 0 Å². The number of carbonyl (C=O) groups excluding carboxylic acids is 1. The molecule has 0 radical (unpaired) electrons. The van der Waals surface area contributed by atoms with E-state index in [2.05, 4.69) is 10.1 Å². The zero-order valence-corrected chi connectivity index (χ0v) is 13.2. The molecule has 5 nitrogen and oxygen atoms in total. The zero-order valence-electron chi connectivity index (χ0n) is 13.2. The number of pyridine rings is 1. The van der Waals surface area contributed by atoms with E-state index in [1.165, 1.54) is 24.3 Å². The van der Waals surface area contributed by atoms with E-state index in [9.17, 15) is 13.6 Å². The van der Waals surface area contributed by atoms with Gasteiger partial charge in [0.25, 0.3) is 5.91 Å². The smallest absolute Gasteiger partial charge is 0.254 e. The highest BCUT2D eigenvalue weighted by molar-refractivity contribution is 5.94. The molecule has 0 N–H and O–H groups in total. The van der Waals surface area contributed by atoms with Crippen molar-refractivity contribution in [1.29, 1.82) is 0 Å². The average molecular weight is 340 g/mol. The van der Waals surface area contributed by atoms with Crippen molar-refractivity contribution in [2.24, 2.45) is 0 Å². The first-order valence-corrected chi connectivity index (χ1v) is 7.84. The molecule has 0 bridgehead atoms. The van der Waals surface area contributed by atoms with E-state index >= 15 is 0 Å². The van der Waals surface area contributed by atoms with Gasteiger partial charge in [-0.3, -0.25) is 14.5 Å². The predicted molar refractivity (Wildman–Crippen MR) is 86.6 cm³/mol. The molecule has 0 unspecified atom stereocenters. The highest BCUT2D eigenvalue weighted by Gasteiger charge is 2.24. The van der Waals surface area contributed by atoms with Crippen LogP contribution in [0, 0.1) is 11.6 Å². The van der Waals surface area contributed by atoms with Gasteiger partial charge in [-0.05, 0) is 36.4 Å². The van der Waals surface area contributed by atoms with Crippen molar-refractivity contribution in [3.8, 4) is 11.4 Å². The quantitative estimate of drug-likeness (QED) is 0.721. The van der Waals surface area contributed by atoms with E-state index < -0.39 is 11.6 Å². The molecule has 0 fully saturated rings. The number of aromatic nitrogens is 3. The summed E-state index contributed by atoms with van der Waals surface area (Å²) in [7, 11) is 0. The molecule has 126 valence electrons. The Balaban J connectivity index is 1.57. The van der Waals surface area contributed by atoms with E-state index in [1.807, 2.05) is 10.7 Å². The van der Waals surface area contributed by atoms with Gasteiger partial charge < -0.3 is 4.90 Å². The molecule has 1 aromatic carbocycles. The fourth-order valence-electron chi connectivity index (χ4n) is 2.90. The molecule has 3 heterocycles. The Morgan fingerprint density at radius 1 is 1.00 bits per heavy atom. The van der Waals surface area contributed by atoms with Crippen molar-refractivity contribution < 1.29 is 13.6 Å². The second-order valence-corrected chi connectivity index (χ2v) is 5.84. The molecule has 0 saturated carbocycles. The third-order valence-electron chi connectivity index (χ3n) is 4.15. The predicted octanol–water partition coefficient (Wildman–Crippen LogP) is 2.88. The Morgan fingerprint density at radius 2 is 1.88 bits per heavy atom. The molecule has 0 atom stereocenters. The number of carbonyl (C=O) groups is 1. The van der Waals surface area contributed by atoms with Crippen LogP contribution in [0.15, 0.2) is 48.7 Å². The lowest BCUT2D eigenvalue weighted by Crippen LogP contribution is -2.38. The number of hydrogen-bond acceptors (Lipinski definition) is 3. The van der Waals surface area contributed by atoms with Crippen LogP contribution < -0.4 is 0 Å². The number of fused-ring (bicyclic) bond motifs is 1. The molecule has 1 aliphatic rings. The minimum atomic E-state index is -0.433. The number of benzene rings is 1. The molecule has 0 saturated heterocycles. The Hall–Kier alpha value is -3.09. The van der Waals surface area contributed by atoms with Gasteiger partial charge in [0.15, 0.2) is 0 Å². The van der Waals surface area contributed by atoms with Crippen LogP contribution in [0.2, 0.25) is 0 Å². The van der Waals surface area contributed by atoms with Crippen molar-refractivity contribution in [2.75, 3.05) is 6.54 Å². The molecule has 2 aromatic heterocycles. The Morgan fingerprint density at radius 3 is 2.64 bits per heavy atom. The van der Waals surface area contributed by atoms with Gasteiger partial charge in [-0.25, -0.2) is 8.78 Å². The summed E-state index contributed by atoms with van der Waals surface area (Å²) in [6.45, 7) is 1.40. The first-order chi connectivity index (χ1) is 12.1. The second-order valence-electron chi connectivity index (χ2n) is 5.84. The molecule has 7 heteroatoms. The molecule has 3 aromatic rings. The Bertz CT molecular complexity index is 937. The summed E-state index contributed by atoms with van der Waals surface area (Å²) < 4.78 is 28.1. The van der Waals surface area contributed by atoms with Crippen LogP contribution in [-0.2, 0) is 13.1 Å². The van der Waals surface area contributed by atoms with Gasteiger partial charge in [0.1, 0.15) is 17.3 Å². The molecule has 0 aliphatic carbocycles. The van der Waals surface area contributed by atoms with Gasteiger partial charge in [-0.15, -0.1) is 0 Å². The van der Waals surface area contributed by atoms with Crippen LogP contribution in [-0.4, -0.2) is 32.1 Å². The van der Waals surface area contributed by atoms with Gasteiger partial charge >= 0.3 is 0 Å². The van der Waals surface area contributed by atoms with Crippen molar-refractivity contribution in [3.63, 3.8) is 0 Å². The summed E-state index contributed by atoms with van der Waals surface area (Å²) >= 11 is 0. The standard InChI is InChI=1S/C18H14F2N4O/c19-13-3-1-2-12(8-13)18(25)23-6-7-24-15(11-23)9-17(22-24)16-5-4-14(20)10-21-16/h1-5,8-10H,6-7,11H2. The van der Waals surface area contributed by atoms with Crippen molar-refractivity contribution in [3.05, 3.63) is 71.6 Å². The summed E-state index contributed by atoms with van der Waals surface area (Å²) in [5, 5.41) is 4.47. The molecule has 1 aliphatic heterocycles. The highest BCUT2D eigenvalue weighted by Crippen LogP contribution is 2.22. The normalized spacial score (nSPS) is 13.6. The van der Waals surface area contributed by atoms with E-state index in [-0.39, 0.29) is 5.91 Å². The lowest BCUT2D eigenvalue weighted by molar-refractivity contribution is 0.0705. The summed E-state index contributed by atoms with van der Waals surface area (Å²) in [5.41, 5.74) is 2.40. The first kappa shape index (κ1) is 15.4. The number of halogens is 2. The number of rotatable bonds is 2. The monoisotopic (exact) mass is 340 g/mol. The summed E-state index contributed by atoms with van der Waals surface area (Å²) in [6, 6.07) is 10.4. The number of hydrogen-bond donors (Lipinski definition) is 0. The largest absolute Gasteiger partial charge is 0.331 e. The third-order valence-corrected chi connectivity index (χ3v) is 4.15. The third kappa shape index (κ3) is 3.00. The summed E-state index contributed by atoms with van der Waals surface area (Å²) in [5.74, 6) is -1.05. The highest BCUT2D eigenvalue weighted by atomic mass is 19.1. The van der Waals surface area contributed by atoms with Crippen molar-refractivity contribution in [1.82, 2.24) is 19.7 Å². The maximum atomic E-state index is 13.3. The van der Waals surface area contributed by atoms with E-state index in [0.717, 1.165) is 11.9 Å². The average Bonchev–Trinajstić information content (AvgIpc) is 3.05. The van der Waals surface area contributed by atoms with Gasteiger partial charge in [-0.1, -0.05) is 6.07 Å². The van der Waals surface area contributed by atoms with Gasteiger partial charge in [-0.2, -0.15) is 5.10 Å². The molecular formula is C18H14F2N4O. The maximum absolute atomic E-state index is 13.3. The summed E-state index contributed by atoms with van der Waals surface area (Å²) in [6.07, 6.45) is 1.15. The molecular weight excluding hydrogens is 326 g/mol. The fourth-order valence-corrected chi connectivity index (χ4v) is 2.90.